The summed E-state index contributed by atoms with van der Waals surface area (Å²) in [7, 11) is 0. The molecule has 0 amide bonds. The molecule has 0 aromatic carbocycles. The highest BCUT2D eigenvalue weighted by Gasteiger charge is 2.23. The zero-order chi connectivity index (χ0) is 12.8. The van der Waals surface area contributed by atoms with E-state index in [0.29, 0.717) is 12.1 Å². The van der Waals surface area contributed by atoms with Crippen molar-refractivity contribution in [2.24, 2.45) is 5.92 Å². The van der Waals surface area contributed by atoms with Gasteiger partial charge in [0.25, 0.3) is 0 Å². The van der Waals surface area contributed by atoms with Gasteiger partial charge in [-0.15, -0.1) is 0 Å². The van der Waals surface area contributed by atoms with Gasteiger partial charge in [-0.1, -0.05) is 13.8 Å². The van der Waals surface area contributed by atoms with Crippen LogP contribution in [0.25, 0.3) is 0 Å². The van der Waals surface area contributed by atoms with Crippen LogP contribution in [0.15, 0.2) is 0 Å². The fourth-order valence-corrected chi connectivity index (χ4v) is 2.85. The summed E-state index contributed by atoms with van der Waals surface area (Å²) >= 11 is 0. The summed E-state index contributed by atoms with van der Waals surface area (Å²) in [6.07, 6.45) is 2.43. The Labute approximate surface area is 111 Å². The van der Waals surface area contributed by atoms with Crippen LogP contribution < -0.4 is 5.32 Å². The molecule has 1 N–H and O–H groups in total. The van der Waals surface area contributed by atoms with Gasteiger partial charge in [-0.05, 0) is 18.8 Å². The minimum atomic E-state index is 0.570. The number of nitrogens with zero attached hydrogens (tertiary/aromatic N) is 1. The van der Waals surface area contributed by atoms with E-state index in [0.717, 1.165) is 58.4 Å². The maximum atomic E-state index is 5.45. The van der Waals surface area contributed by atoms with Crippen LogP contribution in [0.3, 0.4) is 0 Å². The number of morpholine rings is 1. The van der Waals surface area contributed by atoms with Crippen molar-refractivity contribution in [1.82, 2.24) is 10.2 Å². The lowest BCUT2D eigenvalue weighted by molar-refractivity contribution is 0.0117. The first-order valence-electron chi connectivity index (χ1n) is 7.38. The number of nitrogens with one attached hydrogen (secondary N) is 1. The minimum absolute atomic E-state index is 0.570. The zero-order valence-corrected chi connectivity index (χ0v) is 11.9. The van der Waals surface area contributed by atoms with Crippen LogP contribution in [-0.4, -0.2) is 63.0 Å². The molecular weight excluding hydrogens is 228 g/mol. The van der Waals surface area contributed by atoms with Gasteiger partial charge < -0.3 is 14.8 Å². The second kappa shape index (κ2) is 7.43. The molecule has 2 heterocycles. The van der Waals surface area contributed by atoms with Crippen molar-refractivity contribution in [2.45, 2.75) is 38.8 Å². The van der Waals surface area contributed by atoms with Gasteiger partial charge in [0.2, 0.25) is 0 Å². The molecule has 4 heteroatoms. The van der Waals surface area contributed by atoms with Crippen LogP contribution in [0, 0.1) is 5.92 Å². The van der Waals surface area contributed by atoms with Crippen LogP contribution in [0.1, 0.15) is 26.7 Å². The van der Waals surface area contributed by atoms with Crippen molar-refractivity contribution in [2.75, 3.05) is 46.1 Å². The summed E-state index contributed by atoms with van der Waals surface area (Å²) < 4.78 is 10.9. The number of ether oxygens (including phenoxy) is 2. The van der Waals surface area contributed by atoms with Crippen molar-refractivity contribution < 1.29 is 9.47 Å². The molecule has 0 saturated carbocycles. The molecule has 2 aliphatic rings. The highest BCUT2D eigenvalue weighted by atomic mass is 16.5. The van der Waals surface area contributed by atoms with E-state index >= 15 is 0 Å². The number of hydrogen-bond donors (Lipinski definition) is 1. The number of hydrogen-bond acceptors (Lipinski definition) is 4. The molecule has 2 fully saturated rings. The maximum Gasteiger partial charge on any atom is 0.0620 e. The van der Waals surface area contributed by atoms with Gasteiger partial charge in [-0.25, -0.2) is 0 Å². The van der Waals surface area contributed by atoms with Crippen LogP contribution in [0.2, 0.25) is 0 Å². The third-order valence-corrected chi connectivity index (χ3v) is 3.88. The van der Waals surface area contributed by atoms with Crippen LogP contribution in [0.4, 0.5) is 0 Å². The molecule has 106 valence electrons. The number of rotatable bonds is 6. The minimum Gasteiger partial charge on any atom is -0.380 e. The zero-order valence-electron chi connectivity index (χ0n) is 11.9. The Hall–Kier alpha value is -0.160. The van der Waals surface area contributed by atoms with Crippen molar-refractivity contribution in [3.8, 4) is 0 Å². The average molecular weight is 256 g/mol. The summed E-state index contributed by atoms with van der Waals surface area (Å²) in [6, 6.07) is 1.22. The Morgan fingerprint density at radius 3 is 2.56 bits per heavy atom. The second-order valence-corrected chi connectivity index (χ2v) is 5.90. The Kier molecular flexibility index (Phi) is 5.89. The molecule has 18 heavy (non-hydrogen) atoms. The van der Waals surface area contributed by atoms with E-state index < -0.39 is 0 Å². The molecular formula is C14H28N2O2. The summed E-state index contributed by atoms with van der Waals surface area (Å²) in [5, 5.41) is 3.68. The summed E-state index contributed by atoms with van der Waals surface area (Å²) in [5.41, 5.74) is 0. The van der Waals surface area contributed by atoms with Crippen molar-refractivity contribution in [1.29, 1.82) is 0 Å². The molecule has 0 bridgehead atoms. The predicted octanol–water partition coefficient (Wildman–Crippen LogP) is 1.11. The Balaban J connectivity index is 1.78. The van der Waals surface area contributed by atoms with E-state index in [1.165, 1.54) is 6.42 Å². The molecule has 0 aliphatic carbocycles. The van der Waals surface area contributed by atoms with Crippen molar-refractivity contribution in [3.05, 3.63) is 0 Å². The second-order valence-electron chi connectivity index (χ2n) is 5.90. The third kappa shape index (κ3) is 4.50. The van der Waals surface area contributed by atoms with E-state index in [-0.39, 0.29) is 0 Å². The van der Waals surface area contributed by atoms with E-state index in [9.17, 15) is 0 Å². The average Bonchev–Trinajstić information content (AvgIpc) is 2.88. The largest absolute Gasteiger partial charge is 0.380 e. The molecule has 2 unspecified atom stereocenters. The Morgan fingerprint density at radius 2 is 1.94 bits per heavy atom. The topological polar surface area (TPSA) is 33.7 Å². The van der Waals surface area contributed by atoms with Crippen LogP contribution in [0.5, 0.6) is 0 Å². The lowest BCUT2D eigenvalue weighted by Crippen LogP contribution is -2.50. The molecule has 0 aromatic heterocycles. The predicted molar refractivity (Wildman–Crippen MR) is 72.9 cm³/mol. The van der Waals surface area contributed by atoms with Gasteiger partial charge >= 0.3 is 0 Å². The van der Waals surface area contributed by atoms with Gasteiger partial charge in [-0.2, -0.15) is 0 Å². The smallest absolute Gasteiger partial charge is 0.0620 e. The molecule has 0 spiro atoms. The molecule has 4 nitrogen and oxygen atoms in total. The summed E-state index contributed by atoms with van der Waals surface area (Å²) in [6.45, 7) is 11.5. The van der Waals surface area contributed by atoms with E-state index in [4.69, 9.17) is 9.47 Å². The fourth-order valence-electron chi connectivity index (χ4n) is 2.85. The van der Waals surface area contributed by atoms with Crippen molar-refractivity contribution >= 4 is 0 Å². The van der Waals surface area contributed by atoms with E-state index in [1.807, 2.05) is 0 Å². The first-order chi connectivity index (χ1) is 8.75. The maximum absolute atomic E-state index is 5.45. The molecule has 0 aromatic rings. The summed E-state index contributed by atoms with van der Waals surface area (Å²) in [4.78, 5) is 2.59. The van der Waals surface area contributed by atoms with Gasteiger partial charge in [0, 0.05) is 38.3 Å². The Bertz CT molecular complexity index is 224. The van der Waals surface area contributed by atoms with Crippen molar-refractivity contribution in [3.63, 3.8) is 0 Å². The summed E-state index contributed by atoms with van der Waals surface area (Å²) in [5.74, 6) is 0.750. The monoisotopic (exact) mass is 256 g/mol. The highest BCUT2D eigenvalue weighted by Crippen LogP contribution is 2.14. The van der Waals surface area contributed by atoms with E-state index in [1.54, 1.807) is 0 Å². The van der Waals surface area contributed by atoms with Gasteiger partial charge in [0.1, 0.15) is 0 Å². The van der Waals surface area contributed by atoms with Gasteiger partial charge in [-0.3, -0.25) is 4.90 Å². The molecule has 2 rings (SSSR count). The molecule has 0 radical (unpaired) electrons. The fraction of sp³-hybridized carbons (Fsp3) is 1.00. The highest BCUT2D eigenvalue weighted by molar-refractivity contribution is 4.80. The van der Waals surface area contributed by atoms with Gasteiger partial charge in [0.15, 0.2) is 0 Å². The molecule has 2 aliphatic heterocycles. The first kappa shape index (κ1) is 14.3. The van der Waals surface area contributed by atoms with E-state index in [2.05, 4.69) is 24.1 Å². The van der Waals surface area contributed by atoms with Crippen LogP contribution >= 0.6 is 0 Å². The molecule has 2 saturated heterocycles. The standard InChI is InChI=1S/C14H28N2O2/c1-12(2)9-14(16-4-7-17-8-5-16)10-15-13-3-6-18-11-13/h12-15H,3-11H2,1-2H3. The Morgan fingerprint density at radius 1 is 1.17 bits per heavy atom. The first-order valence-corrected chi connectivity index (χ1v) is 7.38. The van der Waals surface area contributed by atoms with Gasteiger partial charge in [0.05, 0.1) is 19.8 Å². The lowest BCUT2D eigenvalue weighted by atomic mass is 10.0. The quantitative estimate of drug-likeness (QED) is 0.772. The van der Waals surface area contributed by atoms with Crippen LogP contribution in [-0.2, 0) is 9.47 Å². The SMILES string of the molecule is CC(C)CC(CNC1CCOC1)N1CCOCC1. The normalized spacial score (nSPS) is 27.8. The molecule has 2 atom stereocenters. The third-order valence-electron chi connectivity index (χ3n) is 3.88. The lowest BCUT2D eigenvalue weighted by Gasteiger charge is -2.36.